The molecule has 1 aliphatic heterocycles. The molecule has 1 atom stereocenters. The quantitative estimate of drug-likeness (QED) is 0.311. The van der Waals surface area contributed by atoms with Crippen molar-refractivity contribution < 1.29 is 19.8 Å². The highest BCUT2D eigenvalue weighted by Gasteiger charge is 2.23. The second-order valence-corrected chi connectivity index (χ2v) is 9.53. The standard InChI is InChI=1S/C25H27Cl2N5O4/c26-17-9-16(10-18(27)11-17)21(12-23(34)35)31-25(36)20-13-29-32(22(20)14-33)8-2-4-19-6-5-15-3-1-7-28-24(15)30-19/h5-6,9-11,13,21,33H,1-4,7-8,12,14H2,(H,28,30)(H,31,36)(H,34,35). The Kier molecular flexibility index (Phi) is 8.45. The molecule has 0 saturated carbocycles. The highest BCUT2D eigenvalue weighted by molar-refractivity contribution is 6.34. The van der Waals surface area contributed by atoms with Gasteiger partial charge in [-0.15, -0.1) is 0 Å². The van der Waals surface area contributed by atoms with E-state index in [9.17, 15) is 19.8 Å². The molecule has 0 spiro atoms. The molecule has 1 aromatic carbocycles. The molecule has 1 unspecified atom stereocenters. The Morgan fingerprint density at radius 1 is 1.19 bits per heavy atom. The molecule has 9 nitrogen and oxygen atoms in total. The largest absolute Gasteiger partial charge is 0.481 e. The zero-order valence-electron chi connectivity index (χ0n) is 19.5. The van der Waals surface area contributed by atoms with Crippen molar-refractivity contribution in [2.75, 3.05) is 11.9 Å². The van der Waals surface area contributed by atoms with E-state index >= 15 is 0 Å². The molecule has 0 bridgehead atoms. The van der Waals surface area contributed by atoms with Gasteiger partial charge in [0.2, 0.25) is 0 Å². The fourth-order valence-corrected chi connectivity index (χ4v) is 4.86. The van der Waals surface area contributed by atoms with Crippen molar-refractivity contribution in [3.05, 3.63) is 74.7 Å². The van der Waals surface area contributed by atoms with E-state index < -0.39 is 24.5 Å². The molecule has 1 amide bonds. The number of aliphatic hydroxyl groups excluding tert-OH is 1. The van der Waals surface area contributed by atoms with Gasteiger partial charge in [-0.3, -0.25) is 14.3 Å². The summed E-state index contributed by atoms with van der Waals surface area (Å²) in [5.41, 5.74) is 3.20. The number of aliphatic carboxylic acids is 1. The molecular weight excluding hydrogens is 505 g/mol. The number of pyridine rings is 1. The first kappa shape index (κ1) is 25.9. The third-order valence-corrected chi connectivity index (χ3v) is 6.51. The van der Waals surface area contributed by atoms with E-state index in [1.807, 2.05) is 6.07 Å². The van der Waals surface area contributed by atoms with E-state index in [-0.39, 0.29) is 12.0 Å². The molecular formula is C25H27Cl2N5O4. The number of carboxylic acid groups (broad SMARTS) is 1. The maximum Gasteiger partial charge on any atom is 0.305 e. The summed E-state index contributed by atoms with van der Waals surface area (Å²) in [5, 5.41) is 30.3. The van der Waals surface area contributed by atoms with Gasteiger partial charge in [0.1, 0.15) is 5.82 Å². The van der Waals surface area contributed by atoms with Gasteiger partial charge in [0.05, 0.1) is 36.5 Å². The Balaban J connectivity index is 1.44. The number of halogens is 2. The van der Waals surface area contributed by atoms with Crippen molar-refractivity contribution in [3.8, 4) is 0 Å². The molecule has 3 aromatic rings. The molecule has 11 heteroatoms. The predicted molar refractivity (Wildman–Crippen MR) is 136 cm³/mol. The highest BCUT2D eigenvalue weighted by Crippen LogP contribution is 2.26. The van der Waals surface area contributed by atoms with Gasteiger partial charge in [-0.1, -0.05) is 29.3 Å². The summed E-state index contributed by atoms with van der Waals surface area (Å²) in [5.74, 6) is -0.694. The highest BCUT2D eigenvalue weighted by atomic mass is 35.5. The van der Waals surface area contributed by atoms with Crippen LogP contribution in [0.25, 0.3) is 0 Å². The van der Waals surface area contributed by atoms with Crippen LogP contribution in [0.1, 0.15) is 58.2 Å². The number of aliphatic hydroxyl groups is 1. The van der Waals surface area contributed by atoms with Gasteiger partial charge >= 0.3 is 5.97 Å². The summed E-state index contributed by atoms with van der Waals surface area (Å²) < 4.78 is 1.59. The number of carbonyl (C=O) groups is 2. The average Bonchev–Trinajstić information content (AvgIpc) is 3.25. The van der Waals surface area contributed by atoms with Crippen LogP contribution < -0.4 is 10.6 Å². The molecule has 4 N–H and O–H groups in total. The summed E-state index contributed by atoms with van der Waals surface area (Å²) in [6.45, 7) is 1.02. The summed E-state index contributed by atoms with van der Waals surface area (Å²) in [7, 11) is 0. The lowest BCUT2D eigenvalue weighted by Gasteiger charge is -2.18. The van der Waals surface area contributed by atoms with Crippen LogP contribution in [0.5, 0.6) is 0 Å². The number of fused-ring (bicyclic) bond motifs is 1. The van der Waals surface area contributed by atoms with Gasteiger partial charge in [-0.25, -0.2) is 4.98 Å². The number of nitrogens with one attached hydrogen (secondary N) is 2. The normalized spacial score (nSPS) is 13.5. The summed E-state index contributed by atoms with van der Waals surface area (Å²) >= 11 is 12.1. The second-order valence-electron chi connectivity index (χ2n) is 8.66. The van der Waals surface area contributed by atoms with Crippen LogP contribution in [-0.2, 0) is 30.8 Å². The number of rotatable bonds is 10. The second kappa shape index (κ2) is 11.7. The van der Waals surface area contributed by atoms with Crippen LogP contribution in [0, 0.1) is 0 Å². The number of benzene rings is 1. The van der Waals surface area contributed by atoms with E-state index in [0.717, 1.165) is 37.3 Å². The minimum absolute atomic E-state index is 0.178. The summed E-state index contributed by atoms with van der Waals surface area (Å²) in [6, 6.07) is 7.91. The maximum absolute atomic E-state index is 13.1. The molecule has 4 rings (SSSR count). The Morgan fingerprint density at radius 2 is 1.97 bits per heavy atom. The van der Waals surface area contributed by atoms with E-state index in [2.05, 4.69) is 21.8 Å². The van der Waals surface area contributed by atoms with Gasteiger partial charge in [0, 0.05) is 28.8 Å². The molecule has 190 valence electrons. The number of carboxylic acids is 1. The van der Waals surface area contributed by atoms with Crippen molar-refractivity contribution in [3.63, 3.8) is 0 Å². The zero-order chi connectivity index (χ0) is 25.7. The summed E-state index contributed by atoms with van der Waals surface area (Å²) in [6.07, 6.45) is 4.59. The number of carbonyl (C=O) groups excluding carboxylic acids is 1. The molecule has 1 aliphatic rings. The number of nitrogens with zero attached hydrogens (tertiary/aromatic N) is 3. The third-order valence-electron chi connectivity index (χ3n) is 6.07. The fraction of sp³-hybridized carbons (Fsp3) is 0.360. The van der Waals surface area contributed by atoms with Crippen molar-refractivity contribution >= 4 is 40.9 Å². The lowest BCUT2D eigenvalue weighted by Crippen LogP contribution is -2.31. The van der Waals surface area contributed by atoms with E-state index in [0.29, 0.717) is 34.3 Å². The van der Waals surface area contributed by atoms with Crippen molar-refractivity contribution in [1.29, 1.82) is 0 Å². The lowest BCUT2D eigenvalue weighted by atomic mass is 10.0. The van der Waals surface area contributed by atoms with Gasteiger partial charge < -0.3 is 20.8 Å². The predicted octanol–water partition coefficient (Wildman–Crippen LogP) is 4.01. The maximum atomic E-state index is 13.1. The number of anilines is 1. The minimum Gasteiger partial charge on any atom is -0.481 e. The van der Waals surface area contributed by atoms with Crippen LogP contribution in [0.15, 0.2) is 36.5 Å². The molecule has 2 aromatic heterocycles. The minimum atomic E-state index is -1.10. The molecule has 0 saturated heterocycles. The summed E-state index contributed by atoms with van der Waals surface area (Å²) in [4.78, 5) is 29.2. The Hall–Kier alpha value is -3.14. The van der Waals surface area contributed by atoms with Crippen LogP contribution >= 0.6 is 23.2 Å². The van der Waals surface area contributed by atoms with E-state index in [1.54, 1.807) is 16.8 Å². The average molecular weight is 532 g/mol. The monoisotopic (exact) mass is 531 g/mol. The van der Waals surface area contributed by atoms with E-state index in [4.69, 9.17) is 28.2 Å². The first-order chi connectivity index (χ1) is 17.3. The van der Waals surface area contributed by atoms with Crippen LogP contribution in [0.2, 0.25) is 10.0 Å². The molecule has 0 aliphatic carbocycles. The molecule has 0 radical (unpaired) electrons. The molecule has 0 fully saturated rings. The van der Waals surface area contributed by atoms with Crippen LogP contribution in [0.4, 0.5) is 5.82 Å². The molecule has 3 heterocycles. The topological polar surface area (TPSA) is 129 Å². The lowest BCUT2D eigenvalue weighted by molar-refractivity contribution is -0.137. The number of amides is 1. The van der Waals surface area contributed by atoms with Gasteiger partial charge in [-0.05, 0) is 61.1 Å². The number of aryl methyl sites for hydroxylation is 3. The smallest absolute Gasteiger partial charge is 0.305 e. The fourth-order valence-electron chi connectivity index (χ4n) is 4.32. The van der Waals surface area contributed by atoms with Crippen molar-refractivity contribution in [2.24, 2.45) is 0 Å². The SMILES string of the molecule is O=C(O)CC(NC(=O)c1cnn(CCCc2ccc3c(n2)NCCC3)c1CO)c1cc(Cl)cc(Cl)c1. The van der Waals surface area contributed by atoms with Crippen LogP contribution in [0.3, 0.4) is 0 Å². The zero-order valence-corrected chi connectivity index (χ0v) is 21.0. The van der Waals surface area contributed by atoms with Crippen molar-refractivity contribution in [2.45, 2.75) is 51.3 Å². The first-order valence-corrected chi connectivity index (χ1v) is 12.5. The number of aromatic nitrogens is 3. The van der Waals surface area contributed by atoms with E-state index in [1.165, 1.54) is 17.8 Å². The van der Waals surface area contributed by atoms with Gasteiger partial charge in [0.25, 0.3) is 5.91 Å². The Bertz CT molecular complexity index is 1240. The molecule has 36 heavy (non-hydrogen) atoms. The van der Waals surface area contributed by atoms with Crippen molar-refractivity contribution in [1.82, 2.24) is 20.1 Å². The first-order valence-electron chi connectivity index (χ1n) is 11.7. The van der Waals surface area contributed by atoms with Crippen LogP contribution in [-0.4, -0.2) is 43.4 Å². The Morgan fingerprint density at radius 3 is 2.69 bits per heavy atom. The Labute approximate surface area is 218 Å². The third kappa shape index (κ3) is 6.34. The number of hydrogen-bond donors (Lipinski definition) is 4. The van der Waals surface area contributed by atoms with Gasteiger partial charge in [0.15, 0.2) is 0 Å². The van der Waals surface area contributed by atoms with Gasteiger partial charge in [-0.2, -0.15) is 5.10 Å². The number of hydrogen-bond acceptors (Lipinski definition) is 6.